The largest absolute Gasteiger partial charge is 0.480 e. The lowest BCUT2D eigenvalue weighted by molar-refractivity contribution is -0.140. The maximum Gasteiger partial charge on any atom is 0.263 e. The van der Waals surface area contributed by atoms with Crippen LogP contribution in [0.3, 0.4) is 0 Å². The summed E-state index contributed by atoms with van der Waals surface area (Å²) in [7, 11) is 0. The van der Waals surface area contributed by atoms with Crippen molar-refractivity contribution in [1.29, 1.82) is 0 Å². The molecule has 1 saturated heterocycles. The van der Waals surface area contributed by atoms with E-state index in [1.807, 2.05) is 43.9 Å². The highest BCUT2D eigenvalue weighted by Crippen LogP contribution is 2.22. The first-order chi connectivity index (χ1) is 13.1. The van der Waals surface area contributed by atoms with Gasteiger partial charge in [-0.25, -0.2) is 0 Å². The van der Waals surface area contributed by atoms with Crippen molar-refractivity contribution in [2.45, 2.75) is 39.8 Å². The molecule has 0 bridgehead atoms. The highest BCUT2D eigenvalue weighted by molar-refractivity contribution is 5.81. The lowest BCUT2D eigenvalue weighted by Gasteiger charge is -2.36. The number of ether oxygens (including phenoxy) is 1. The van der Waals surface area contributed by atoms with E-state index in [4.69, 9.17) is 4.74 Å². The number of piperazine rings is 1. The molecule has 1 amide bonds. The van der Waals surface area contributed by atoms with Crippen molar-refractivity contribution in [1.82, 2.24) is 9.80 Å². The maximum absolute atomic E-state index is 13.0. The highest BCUT2D eigenvalue weighted by Gasteiger charge is 2.28. The molecule has 0 aliphatic carbocycles. The molecular formula is C23H30N2O2. The molecule has 27 heavy (non-hydrogen) atoms. The van der Waals surface area contributed by atoms with Crippen molar-refractivity contribution in [3.8, 4) is 5.75 Å². The van der Waals surface area contributed by atoms with Gasteiger partial charge in [-0.15, -0.1) is 0 Å². The van der Waals surface area contributed by atoms with Crippen LogP contribution in [0.25, 0.3) is 0 Å². The van der Waals surface area contributed by atoms with Crippen LogP contribution >= 0.6 is 0 Å². The van der Waals surface area contributed by atoms with Crippen molar-refractivity contribution in [2.24, 2.45) is 0 Å². The van der Waals surface area contributed by atoms with Crippen molar-refractivity contribution in [2.75, 3.05) is 26.2 Å². The zero-order valence-electron chi connectivity index (χ0n) is 16.6. The van der Waals surface area contributed by atoms with Gasteiger partial charge in [-0.1, -0.05) is 49.4 Å². The molecule has 144 valence electrons. The fourth-order valence-corrected chi connectivity index (χ4v) is 3.47. The monoisotopic (exact) mass is 366 g/mol. The summed E-state index contributed by atoms with van der Waals surface area (Å²) in [5, 5.41) is 0. The van der Waals surface area contributed by atoms with Crippen LogP contribution in [-0.2, 0) is 11.3 Å². The van der Waals surface area contributed by atoms with E-state index in [0.717, 1.165) is 49.6 Å². The van der Waals surface area contributed by atoms with Crippen LogP contribution in [0.2, 0.25) is 0 Å². The van der Waals surface area contributed by atoms with E-state index in [0.29, 0.717) is 6.42 Å². The van der Waals surface area contributed by atoms with E-state index in [2.05, 4.69) is 35.2 Å². The normalized spacial score (nSPS) is 16.2. The van der Waals surface area contributed by atoms with Crippen molar-refractivity contribution >= 4 is 5.91 Å². The zero-order chi connectivity index (χ0) is 19.2. The summed E-state index contributed by atoms with van der Waals surface area (Å²) in [4.78, 5) is 17.3. The number of carbonyl (C=O) groups excluding carboxylic acids is 1. The van der Waals surface area contributed by atoms with Crippen LogP contribution in [0.1, 0.15) is 30.0 Å². The summed E-state index contributed by atoms with van der Waals surface area (Å²) in [6.07, 6.45) is 0.266. The topological polar surface area (TPSA) is 32.8 Å². The third-order valence-electron chi connectivity index (χ3n) is 5.19. The highest BCUT2D eigenvalue weighted by atomic mass is 16.5. The van der Waals surface area contributed by atoms with Crippen molar-refractivity contribution < 1.29 is 9.53 Å². The van der Waals surface area contributed by atoms with Gasteiger partial charge >= 0.3 is 0 Å². The average Bonchev–Trinajstić information content (AvgIpc) is 2.69. The number of rotatable bonds is 6. The van der Waals surface area contributed by atoms with Crippen LogP contribution in [0.15, 0.2) is 48.5 Å². The molecule has 2 aromatic carbocycles. The van der Waals surface area contributed by atoms with Crippen LogP contribution in [0.5, 0.6) is 5.75 Å². The van der Waals surface area contributed by atoms with Crippen LogP contribution in [0, 0.1) is 13.8 Å². The van der Waals surface area contributed by atoms with Gasteiger partial charge in [-0.3, -0.25) is 9.69 Å². The van der Waals surface area contributed by atoms with Gasteiger partial charge in [-0.2, -0.15) is 0 Å². The third-order valence-corrected chi connectivity index (χ3v) is 5.19. The molecule has 2 aromatic rings. The van der Waals surface area contributed by atoms with Crippen molar-refractivity contribution in [3.05, 3.63) is 65.2 Å². The Balaban J connectivity index is 1.56. The quantitative estimate of drug-likeness (QED) is 0.779. The molecule has 3 rings (SSSR count). The average molecular weight is 367 g/mol. The molecule has 0 radical (unpaired) electrons. The number of benzene rings is 2. The molecule has 1 aliphatic heterocycles. The predicted octanol–water partition coefficient (Wildman–Crippen LogP) is 3.81. The second-order valence-electron chi connectivity index (χ2n) is 7.37. The first-order valence-electron chi connectivity index (χ1n) is 9.85. The summed E-state index contributed by atoms with van der Waals surface area (Å²) in [6.45, 7) is 10.4. The number of carbonyl (C=O) groups is 1. The van der Waals surface area contributed by atoms with Gasteiger partial charge in [0.05, 0.1) is 0 Å². The van der Waals surface area contributed by atoms with Gasteiger partial charge in [0.1, 0.15) is 5.75 Å². The van der Waals surface area contributed by atoms with Gasteiger partial charge < -0.3 is 9.64 Å². The summed E-state index contributed by atoms with van der Waals surface area (Å²) in [5.74, 6) is 0.927. The number of hydrogen-bond donors (Lipinski definition) is 0. The Kier molecular flexibility index (Phi) is 6.51. The van der Waals surface area contributed by atoms with E-state index < -0.39 is 6.10 Å². The zero-order valence-corrected chi connectivity index (χ0v) is 16.6. The van der Waals surface area contributed by atoms with Crippen LogP contribution in [-0.4, -0.2) is 48.0 Å². The smallest absolute Gasteiger partial charge is 0.263 e. The minimum atomic E-state index is -0.411. The Morgan fingerprint density at radius 3 is 2.41 bits per heavy atom. The Hall–Kier alpha value is -2.33. The van der Waals surface area contributed by atoms with Gasteiger partial charge in [0.2, 0.25) is 0 Å². The summed E-state index contributed by atoms with van der Waals surface area (Å²) in [5.41, 5.74) is 3.54. The molecule has 0 aromatic heterocycles. The molecule has 1 heterocycles. The second kappa shape index (κ2) is 9.05. The molecule has 1 aliphatic rings. The molecule has 0 N–H and O–H groups in total. The number of amides is 1. The minimum Gasteiger partial charge on any atom is -0.480 e. The Morgan fingerprint density at radius 1 is 1.04 bits per heavy atom. The standard InChI is InChI=1S/C23H30N2O2/c1-4-21(27-22-16-18(2)10-11-19(22)3)23(26)25-14-12-24(13-15-25)17-20-8-6-5-7-9-20/h5-11,16,21H,4,12-15,17H2,1-3H3/t21-/m0/s1. The Labute approximate surface area is 162 Å². The first-order valence-corrected chi connectivity index (χ1v) is 9.85. The Bertz CT molecular complexity index is 752. The van der Waals surface area contributed by atoms with Crippen molar-refractivity contribution in [3.63, 3.8) is 0 Å². The van der Waals surface area contributed by atoms with Gasteiger partial charge in [0.25, 0.3) is 5.91 Å². The van der Waals surface area contributed by atoms with E-state index in [-0.39, 0.29) is 5.91 Å². The second-order valence-corrected chi connectivity index (χ2v) is 7.37. The molecule has 4 heteroatoms. The predicted molar refractivity (Wildman–Crippen MR) is 109 cm³/mol. The first kappa shape index (κ1) is 19.4. The van der Waals surface area contributed by atoms with E-state index in [9.17, 15) is 4.79 Å². The number of hydrogen-bond acceptors (Lipinski definition) is 3. The molecular weight excluding hydrogens is 336 g/mol. The number of aryl methyl sites for hydroxylation is 2. The molecule has 4 nitrogen and oxygen atoms in total. The molecule has 0 spiro atoms. The number of nitrogens with zero attached hydrogens (tertiary/aromatic N) is 2. The Morgan fingerprint density at radius 2 is 1.74 bits per heavy atom. The van der Waals surface area contributed by atoms with Gasteiger partial charge in [0, 0.05) is 32.7 Å². The van der Waals surface area contributed by atoms with Gasteiger partial charge in [-0.05, 0) is 43.0 Å². The molecule has 0 unspecified atom stereocenters. The summed E-state index contributed by atoms with van der Waals surface area (Å²) in [6, 6.07) is 16.6. The van der Waals surface area contributed by atoms with Crippen LogP contribution in [0.4, 0.5) is 0 Å². The maximum atomic E-state index is 13.0. The van der Waals surface area contributed by atoms with E-state index in [1.54, 1.807) is 0 Å². The molecule has 0 saturated carbocycles. The SMILES string of the molecule is CC[C@H](Oc1cc(C)ccc1C)C(=O)N1CCN(Cc2ccccc2)CC1. The molecule has 1 atom stereocenters. The van der Waals surface area contributed by atoms with E-state index in [1.165, 1.54) is 5.56 Å². The van der Waals surface area contributed by atoms with E-state index >= 15 is 0 Å². The lowest BCUT2D eigenvalue weighted by Crippen LogP contribution is -2.52. The minimum absolute atomic E-state index is 0.109. The lowest BCUT2D eigenvalue weighted by atomic mass is 10.1. The fraction of sp³-hybridized carbons (Fsp3) is 0.435. The van der Waals surface area contributed by atoms with Gasteiger partial charge in [0.15, 0.2) is 6.10 Å². The summed E-state index contributed by atoms with van der Waals surface area (Å²) < 4.78 is 6.11. The third kappa shape index (κ3) is 5.10. The van der Waals surface area contributed by atoms with Crippen LogP contribution < -0.4 is 4.74 Å². The molecule has 1 fully saturated rings. The fourth-order valence-electron chi connectivity index (χ4n) is 3.47. The summed E-state index contributed by atoms with van der Waals surface area (Å²) >= 11 is 0.